The van der Waals surface area contributed by atoms with E-state index in [0.717, 1.165) is 19.5 Å². The highest BCUT2D eigenvalue weighted by Crippen LogP contribution is 2.11. The van der Waals surface area contributed by atoms with E-state index >= 15 is 0 Å². The molecule has 0 radical (unpaired) electrons. The van der Waals surface area contributed by atoms with Crippen LogP contribution in [0.2, 0.25) is 0 Å². The van der Waals surface area contributed by atoms with Crippen LogP contribution in [0.1, 0.15) is 20.3 Å². The Kier molecular flexibility index (Phi) is 5.17. The van der Waals surface area contributed by atoms with Gasteiger partial charge < -0.3 is 10.1 Å². The van der Waals surface area contributed by atoms with E-state index in [2.05, 4.69) is 17.0 Å². The molecule has 0 aromatic carbocycles. The molecule has 0 aromatic rings. The van der Waals surface area contributed by atoms with Crippen LogP contribution in [-0.4, -0.2) is 46.5 Å². The summed E-state index contributed by atoms with van der Waals surface area (Å²) in [7, 11) is -1.71. The van der Waals surface area contributed by atoms with Gasteiger partial charge in [-0.15, -0.1) is 0 Å². The van der Waals surface area contributed by atoms with Crippen LogP contribution >= 0.6 is 0 Å². The molecule has 0 aliphatic carbocycles. The van der Waals surface area contributed by atoms with Gasteiger partial charge in [-0.3, -0.25) is 0 Å². The summed E-state index contributed by atoms with van der Waals surface area (Å²) in [5.41, 5.74) is 0. The fourth-order valence-electron chi connectivity index (χ4n) is 1.84. The van der Waals surface area contributed by atoms with Crippen LogP contribution in [0.25, 0.3) is 0 Å². The molecule has 2 N–H and O–H groups in total. The summed E-state index contributed by atoms with van der Waals surface area (Å²) in [5.74, 6) is 0.363. The largest absolute Gasteiger partial charge is 0.381 e. The van der Waals surface area contributed by atoms with Crippen molar-refractivity contribution in [3.63, 3.8) is 0 Å². The van der Waals surface area contributed by atoms with Gasteiger partial charge in [-0.2, -0.15) is 0 Å². The van der Waals surface area contributed by atoms with Gasteiger partial charge >= 0.3 is 0 Å². The van der Waals surface area contributed by atoms with E-state index in [4.69, 9.17) is 4.74 Å². The topological polar surface area (TPSA) is 67.4 Å². The molecule has 1 saturated heterocycles. The molecular formula is C10H22N2O3S. The predicted molar refractivity (Wildman–Crippen MR) is 63.8 cm³/mol. The lowest BCUT2D eigenvalue weighted by molar-refractivity contribution is 0.136. The van der Waals surface area contributed by atoms with E-state index < -0.39 is 10.0 Å². The molecular weight excluding hydrogens is 228 g/mol. The average Bonchev–Trinajstić information content (AvgIpc) is 2.20. The fraction of sp³-hybridized carbons (Fsp3) is 1.00. The quantitative estimate of drug-likeness (QED) is 0.717. The number of nitrogens with one attached hydrogen (secondary N) is 2. The smallest absolute Gasteiger partial charge is 0.214 e. The van der Waals surface area contributed by atoms with Gasteiger partial charge in [0.25, 0.3) is 0 Å². The molecule has 0 amide bonds. The standard InChI is InChI=1S/C10H22N2O3S/c1-8-6-11-5-4-10(8)12-16(13,14)7-9(2)15-3/h8-12H,4-7H2,1-3H3. The van der Waals surface area contributed by atoms with Crippen LogP contribution in [-0.2, 0) is 14.8 Å². The Morgan fingerprint density at radius 3 is 2.81 bits per heavy atom. The van der Waals surface area contributed by atoms with Crippen LogP contribution in [0.5, 0.6) is 0 Å². The van der Waals surface area contributed by atoms with Crippen LogP contribution in [0.15, 0.2) is 0 Å². The predicted octanol–water partition coefficient (Wildman–Crippen LogP) is -0.0613. The van der Waals surface area contributed by atoms with E-state index in [1.807, 2.05) is 0 Å². The maximum absolute atomic E-state index is 11.8. The Bertz CT molecular complexity index is 305. The van der Waals surface area contributed by atoms with Crippen molar-refractivity contribution in [3.8, 4) is 0 Å². The number of hydrogen-bond donors (Lipinski definition) is 2. The normalized spacial score (nSPS) is 28.9. The summed E-state index contributed by atoms with van der Waals surface area (Å²) in [6.07, 6.45) is 0.580. The van der Waals surface area contributed by atoms with Crippen molar-refractivity contribution in [3.05, 3.63) is 0 Å². The molecule has 3 atom stereocenters. The third-order valence-corrected chi connectivity index (χ3v) is 4.54. The zero-order chi connectivity index (χ0) is 12.2. The van der Waals surface area contributed by atoms with E-state index in [1.54, 1.807) is 6.92 Å². The fourth-order valence-corrected chi connectivity index (χ4v) is 3.51. The lowest BCUT2D eigenvalue weighted by Gasteiger charge is -2.30. The Balaban J connectivity index is 2.51. The minimum Gasteiger partial charge on any atom is -0.381 e. The van der Waals surface area contributed by atoms with Gasteiger partial charge in [0.1, 0.15) is 0 Å². The first-order valence-electron chi connectivity index (χ1n) is 5.68. The molecule has 1 aliphatic rings. The second kappa shape index (κ2) is 5.95. The molecule has 0 bridgehead atoms. The van der Waals surface area contributed by atoms with Gasteiger partial charge in [-0.05, 0) is 32.4 Å². The Morgan fingerprint density at radius 2 is 2.25 bits per heavy atom. The number of hydrogen-bond acceptors (Lipinski definition) is 4. The molecule has 1 rings (SSSR count). The van der Waals surface area contributed by atoms with Crippen LogP contribution < -0.4 is 10.0 Å². The molecule has 96 valence electrons. The van der Waals surface area contributed by atoms with E-state index in [0.29, 0.717) is 5.92 Å². The summed E-state index contributed by atoms with van der Waals surface area (Å²) in [6, 6.07) is 0.0512. The van der Waals surface area contributed by atoms with Crippen molar-refractivity contribution in [1.29, 1.82) is 0 Å². The average molecular weight is 250 g/mol. The van der Waals surface area contributed by atoms with Gasteiger partial charge in [0.15, 0.2) is 0 Å². The summed E-state index contributed by atoms with van der Waals surface area (Å²) < 4.78 is 31.3. The zero-order valence-electron chi connectivity index (χ0n) is 10.2. The van der Waals surface area contributed by atoms with E-state index in [9.17, 15) is 8.42 Å². The van der Waals surface area contributed by atoms with Crippen LogP contribution in [0.4, 0.5) is 0 Å². The molecule has 16 heavy (non-hydrogen) atoms. The maximum atomic E-state index is 11.8. The minimum absolute atomic E-state index is 0.0279. The highest BCUT2D eigenvalue weighted by molar-refractivity contribution is 7.89. The van der Waals surface area contributed by atoms with Gasteiger partial charge in [0.05, 0.1) is 11.9 Å². The van der Waals surface area contributed by atoms with Gasteiger partial charge in [0.2, 0.25) is 10.0 Å². The highest BCUT2D eigenvalue weighted by Gasteiger charge is 2.26. The molecule has 5 nitrogen and oxygen atoms in total. The maximum Gasteiger partial charge on any atom is 0.214 e. The molecule has 0 aromatic heterocycles. The monoisotopic (exact) mass is 250 g/mol. The summed E-state index contributed by atoms with van der Waals surface area (Å²) >= 11 is 0. The lowest BCUT2D eigenvalue weighted by atomic mass is 9.97. The second-order valence-corrected chi connectivity index (χ2v) is 6.32. The van der Waals surface area contributed by atoms with Crippen molar-refractivity contribution in [2.45, 2.75) is 32.4 Å². The van der Waals surface area contributed by atoms with Crippen molar-refractivity contribution in [2.24, 2.45) is 5.92 Å². The molecule has 1 aliphatic heterocycles. The van der Waals surface area contributed by atoms with Gasteiger partial charge in [-0.25, -0.2) is 13.1 Å². The van der Waals surface area contributed by atoms with Crippen LogP contribution in [0.3, 0.4) is 0 Å². The van der Waals surface area contributed by atoms with E-state index in [-0.39, 0.29) is 17.9 Å². The number of rotatable bonds is 5. The first-order chi connectivity index (χ1) is 7.44. The summed E-state index contributed by atoms with van der Waals surface area (Å²) in [6.45, 7) is 5.55. The number of sulfonamides is 1. The number of methoxy groups -OCH3 is 1. The third-order valence-electron chi connectivity index (χ3n) is 2.97. The van der Waals surface area contributed by atoms with Gasteiger partial charge in [-0.1, -0.05) is 6.92 Å². The molecule has 0 saturated carbocycles. The van der Waals surface area contributed by atoms with Crippen molar-refractivity contribution in [2.75, 3.05) is 26.0 Å². The van der Waals surface area contributed by atoms with E-state index in [1.165, 1.54) is 7.11 Å². The first-order valence-corrected chi connectivity index (χ1v) is 7.33. The second-order valence-electron chi connectivity index (χ2n) is 4.52. The van der Waals surface area contributed by atoms with Crippen molar-refractivity contribution in [1.82, 2.24) is 10.0 Å². The SMILES string of the molecule is COC(C)CS(=O)(=O)NC1CCNCC1C. The number of piperidine rings is 1. The number of ether oxygens (including phenoxy) is 1. The van der Waals surface area contributed by atoms with Crippen molar-refractivity contribution < 1.29 is 13.2 Å². The first kappa shape index (κ1) is 13.9. The molecule has 6 heteroatoms. The third kappa shape index (κ3) is 4.37. The Hall–Kier alpha value is -0.170. The highest BCUT2D eigenvalue weighted by atomic mass is 32.2. The molecule has 1 heterocycles. The Labute approximate surface area is 98.0 Å². The molecule has 0 spiro atoms. The van der Waals surface area contributed by atoms with Gasteiger partial charge in [0, 0.05) is 13.2 Å². The molecule has 3 unspecified atom stereocenters. The summed E-state index contributed by atoms with van der Waals surface area (Å²) in [4.78, 5) is 0. The Morgan fingerprint density at radius 1 is 1.56 bits per heavy atom. The summed E-state index contributed by atoms with van der Waals surface area (Å²) in [5, 5.41) is 3.24. The lowest BCUT2D eigenvalue weighted by Crippen LogP contribution is -2.49. The van der Waals surface area contributed by atoms with Crippen molar-refractivity contribution >= 4 is 10.0 Å². The molecule has 1 fully saturated rings. The van der Waals surface area contributed by atoms with Crippen LogP contribution in [0, 0.1) is 5.92 Å². The minimum atomic E-state index is -3.23. The zero-order valence-corrected chi connectivity index (χ0v) is 11.0.